The Kier molecular flexibility index (Phi) is 11.9. The van der Waals surface area contributed by atoms with Crippen molar-refractivity contribution in [1.82, 2.24) is 10.2 Å². The molecule has 7 nitrogen and oxygen atoms in total. The van der Waals surface area contributed by atoms with Crippen LogP contribution in [0, 0.1) is 12.8 Å². The number of aryl methyl sites for hydroxylation is 1. The topological polar surface area (TPSA) is 86.8 Å². The quantitative estimate of drug-likeness (QED) is 0.159. The van der Waals surface area contributed by atoms with Crippen LogP contribution in [0.15, 0.2) is 108 Å². The Bertz CT molecular complexity index is 1820. The van der Waals surface area contributed by atoms with E-state index in [-0.39, 0.29) is 29.5 Å². The first-order chi connectivity index (χ1) is 22.6. The number of carbonyl (C=O) groups is 2. The van der Waals surface area contributed by atoms with E-state index < -0.39 is 46.2 Å². The number of halogens is 4. The van der Waals surface area contributed by atoms with E-state index in [1.165, 1.54) is 23.1 Å². The van der Waals surface area contributed by atoms with Gasteiger partial charge in [0, 0.05) is 24.5 Å². The van der Waals surface area contributed by atoms with E-state index in [0.29, 0.717) is 27.5 Å². The number of rotatable bonds is 13. The first kappa shape index (κ1) is 36.5. The minimum absolute atomic E-state index is 0.0886. The predicted octanol–water partition coefficient (Wildman–Crippen LogP) is 7.27. The number of hydrogen-bond acceptors (Lipinski definition) is 4. The molecule has 1 atom stereocenters. The zero-order valence-corrected chi connectivity index (χ0v) is 28.3. The van der Waals surface area contributed by atoms with Gasteiger partial charge in [-0.3, -0.25) is 13.9 Å². The van der Waals surface area contributed by atoms with E-state index >= 15 is 0 Å². The molecule has 12 heteroatoms. The summed E-state index contributed by atoms with van der Waals surface area (Å²) in [4.78, 5) is 29.4. The molecule has 4 rings (SSSR count). The normalized spacial score (nSPS) is 12.4. The second-order valence-electron chi connectivity index (χ2n) is 11.9. The summed E-state index contributed by atoms with van der Waals surface area (Å²) in [6.07, 6.45) is -4.68. The molecule has 1 N–H and O–H groups in total. The number of alkyl halides is 3. The lowest BCUT2D eigenvalue weighted by molar-refractivity contribution is -0.140. The zero-order valence-electron chi connectivity index (χ0n) is 26.7. The monoisotopic (exact) mass is 699 g/mol. The van der Waals surface area contributed by atoms with Gasteiger partial charge in [0.15, 0.2) is 0 Å². The molecule has 4 aromatic rings. The molecule has 0 aliphatic rings. The third-order valence-electron chi connectivity index (χ3n) is 7.55. The highest BCUT2D eigenvalue weighted by atomic mass is 35.5. The van der Waals surface area contributed by atoms with Gasteiger partial charge in [0.25, 0.3) is 10.0 Å². The minimum atomic E-state index is -4.77. The second kappa shape index (κ2) is 15.7. The summed E-state index contributed by atoms with van der Waals surface area (Å²) in [7, 11) is -4.57. The predicted molar refractivity (Wildman–Crippen MR) is 181 cm³/mol. The molecule has 0 saturated heterocycles. The summed E-state index contributed by atoms with van der Waals surface area (Å²) in [5, 5.41) is 3.28. The van der Waals surface area contributed by atoms with E-state index in [2.05, 4.69) is 5.32 Å². The average Bonchev–Trinajstić information content (AvgIpc) is 3.04. The van der Waals surface area contributed by atoms with Gasteiger partial charge in [0.1, 0.15) is 12.6 Å². The summed E-state index contributed by atoms with van der Waals surface area (Å²) in [6, 6.07) is 24.2. The standard InChI is InChI=1S/C36H37ClF3N3O4S/c1-25(2)22-41-35(45)33(20-27-9-5-4-6-10-27)42(23-28-11-7-13-30(37)19-28)34(44)24-43(31-14-8-12-29(21-31)36(38,39)40)48(46,47)32-17-15-26(3)16-18-32/h4-19,21,25,33H,20,22-24H2,1-3H3,(H,41,45)/t33-/m0/s1. The molecule has 0 saturated carbocycles. The van der Waals surface area contributed by atoms with Crippen LogP contribution in [0.5, 0.6) is 0 Å². The van der Waals surface area contributed by atoms with Gasteiger partial charge in [-0.05, 0) is 66.4 Å². The summed E-state index contributed by atoms with van der Waals surface area (Å²) >= 11 is 6.26. The molecule has 2 amide bonds. The smallest absolute Gasteiger partial charge is 0.354 e. The van der Waals surface area contributed by atoms with E-state index in [1.807, 2.05) is 32.0 Å². The Morgan fingerprint density at radius 2 is 1.50 bits per heavy atom. The molecule has 254 valence electrons. The molecule has 0 spiro atoms. The third kappa shape index (κ3) is 9.60. The molecule has 0 aliphatic carbocycles. The Morgan fingerprint density at radius 3 is 2.12 bits per heavy atom. The molecule has 0 radical (unpaired) electrons. The Morgan fingerprint density at radius 1 is 0.854 bits per heavy atom. The molecular weight excluding hydrogens is 663 g/mol. The van der Waals surface area contributed by atoms with Crippen molar-refractivity contribution in [2.45, 2.75) is 50.9 Å². The number of nitrogens with one attached hydrogen (secondary N) is 1. The van der Waals surface area contributed by atoms with Crippen LogP contribution in [-0.2, 0) is 38.8 Å². The van der Waals surface area contributed by atoms with Crippen LogP contribution < -0.4 is 9.62 Å². The number of amides is 2. The second-order valence-corrected chi connectivity index (χ2v) is 14.2. The Balaban J connectivity index is 1.84. The van der Waals surface area contributed by atoms with Gasteiger partial charge in [0.2, 0.25) is 11.8 Å². The minimum Gasteiger partial charge on any atom is -0.354 e. The summed E-state index contributed by atoms with van der Waals surface area (Å²) < 4.78 is 70.3. The zero-order chi connectivity index (χ0) is 35.1. The fourth-order valence-electron chi connectivity index (χ4n) is 5.01. The maximum absolute atomic E-state index is 14.5. The van der Waals surface area contributed by atoms with Crippen LogP contribution >= 0.6 is 11.6 Å². The van der Waals surface area contributed by atoms with Crippen LogP contribution in [0.3, 0.4) is 0 Å². The molecule has 4 aromatic carbocycles. The van der Waals surface area contributed by atoms with Gasteiger partial charge in [-0.15, -0.1) is 0 Å². The highest BCUT2D eigenvalue weighted by molar-refractivity contribution is 7.92. The lowest BCUT2D eigenvalue weighted by Crippen LogP contribution is -2.53. The largest absolute Gasteiger partial charge is 0.416 e. The Hall–Kier alpha value is -4.35. The highest BCUT2D eigenvalue weighted by Crippen LogP contribution is 2.33. The number of hydrogen-bond donors (Lipinski definition) is 1. The van der Waals surface area contributed by atoms with Gasteiger partial charge in [-0.25, -0.2) is 8.42 Å². The summed E-state index contributed by atoms with van der Waals surface area (Å²) in [5.74, 6) is -1.17. The summed E-state index contributed by atoms with van der Waals surface area (Å²) in [5.41, 5.74) is 0.637. The average molecular weight is 700 g/mol. The van der Waals surface area contributed by atoms with Crippen molar-refractivity contribution in [3.05, 3.63) is 130 Å². The third-order valence-corrected chi connectivity index (χ3v) is 9.57. The van der Waals surface area contributed by atoms with Crippen molar-refractivity contribution in [3.8, 4) is 0 Å². The summed E-state index contributed by atoms with van der Waals surface area (Å²) in [6.45, 7) is 4.90. The van der Waals surface area contributed by atoms with Gasteiger partial charge >= 0.3 is 6.18 Å². The fraction of sp³-hybridized carbons (Fsp3) is 0.278. The number of nitrogens with zero attached hydrogens (tertiary/aromatic N) is 2. The fourth-order valence-corrected chi connectivity index (χ4v) is 6.63. The van der Waals surface area contributed by atoms with Crippen LogP contribution in [0.4, 0.5) is 18.9 Å². The van der Waals surface area contributed by atoms with Crippen molar-refractivity contribution < 1.29 is 31.2 Å². The van der Waals surface area contributed by atoms with Gasteiger partial charge in [-0.1, -0.05) is 91.7 Å². The van der Waals surface area contributed by atoms with Gasteiger partial charge in [0.05, 0.1) is 16.1 Å². The molecule has 0 bridgehead atoms. The van der Waals surface area contributed by atoms with E-state index in [9.17, 15) is 31.2 Å². The molecule has 0 heterocycles. The first-order valence-corrected chi connectivity index (χ1v) is 17.1. The van der Waals surface area contributed by atoms with Gasteiger partial charge < -0.3 is 10.2 Å². The van der Waals surface area contributed by atoms with E-state index in [1.54, 1.807) is 55.5 Å². The van der Waals surface area contributed by atoms with Crippen molar-refractivity contribution in [1.29, 1.82) is 0 Å². The van der Waals surface area contributed by atoms with Crippen molar-refractivity contribution in [2.24, 2.45) is 5.92 Å². The van der Waals surface area contributed by atoms with Crippen LogP contribution in [0.2, 0.25) is 5.02 Å². The first-order valence-electron chi connectivity index (χ1n) is 15.3. The van der Waals surface area contributed by atoms with E-state index in [4.69, 9.17) is 11.6 Å². The maximum atomic E-state index is 14.5. The Labute approximate surface area is 284 Å². The van der Waals surface area contributed by atoms with Crippen molar-refractivity contribution in [3.63, 3.8) is 0 Å². The number of carbonyl (C=O) groups excluding carboxylic acids is 2. The lowest BCUT2D eigenvalue weighted by Gasteiger charge is -2.34. The molecule has 0 aromatic heterocycles. The maximum Gasteiger partial charge on any atom is 0.416 e. The van der Waals surface area contributed by atoms with Crippen LogP contribution in [0.1, 0.15) is 36.1 Å². The molecule has 0 aliphatic heterocycles. The molecule has 0 fully saturated rings. The lowest BCUT2D eigenvalue weighted by atomic mass is 10.0. The van der Waals surface area contributed by atoms with Crippen LogP contribution in [-0.4, -0.2) is 44.3 Å². The number of sulfonamides is 1. The SMILES string of the molecule is Cc1ccc(S(=O)(=O)N(CC(=O)N(Cc2cccc(Cl)c2)[C@@H](Cc2ccccc2)C(=O)NCC(C)C)c2cccc(C(F)(F)F)c2)cc1. The van der Waals surface area contributed by atoms with Crippen LogP contribution in [0.25, 0.3) is 0 Å². The van der Waals surface area contributed by atoms with Crippen molar-refractivity contribution >= 4 is 39.1 Å². The molecule has 0 unspecified atom stereocenters. The van der Waals surface area contributed by atoms with E-state index in [0.717, 1.165) is 23.3 Å². The number of benzene rings is 4. The molecular formula is C36H37ClF3N3O4S. The highest BCUT2D eigenvalue weighted by Gasteiger charge is 2.36. The van der Waals surface area contributed by atoms with Gasteiger partial charge in [-0.2, -0.15) is 13.2 Å². The van der Waals surface area contributed by atoms with Crippen molar-refractivity contribution in [2.75, 3.05) is 17.4 Å². The number of anilines is 1. The molecule has 48 heavy (non-hydrogen) atoms.